The van der Waals surface area contributed by atoms with Crippen molar-refractivity contribution in [3.8, 4) is 0 Å². The van der Waals surface area contributed by atoms with Crippen molar-refractivity contribution < 1.29 is 21.5 Å². The minimum absolute atomic E-state index is 0. The van der Waals surface area contributed by atoms with Crippen molar-refractivity contribution in [1.82, 2.24) is 0 Å². The molecule has 0 rings (SSSR count). The number of unbranched alkanes of at least 4 members (excludes halogenated alkanes) is 8. The largest absolute Gasteiger partial charge is 1.00 e. The molecule has 0 bridgehead atoms. The summed E-state index contributed by atoms with van der Waals surface area (Å²) in [5, 5.41) is 0. The van der Waals surface area contributed by atoms with E-state index in [0.717, 1.165) is 10.5 Å². The fourth-order valence-electron chi connectivity index (χ4n) is 2.43. The number of rotatable bonds is 13. The van der Waals surface area contributed by atoms with E-state index in [9.17, 15) is 0 Å². The standard InChI is InChI=1S/C16H35ClN.BrH/c1-4-6-8-10-11-13-15-18(3,16-17)14-12-9-7-5-2;/h4-16H2,1-3H3;1H/q+1;/p-1. The number of hydrogen-bond donors (Lipinski definition) is 0. The summed E-state index contributed by atoms with van der Waals surface area (Å²) in [5.41, 5.74) is 0. The molecule has 0 aliphatic heterocycles. The molecule has 0 radical (unpaired) electrons. The smallest absolute Gasteiger partial charge is 0.154 e. The monoisotopic (exact) mass is 355 g/mol. The quantitative estimate of drug-likeness (QED) is 0.206. The second kappa shape index (κ2) is 15.1. The minimum Gasteiger partial charge on any atom is -1.00 e. The van der Waals surface area contributed by atoms with E-state index in [1.807, 2.05) is 0 Å². The number of alkyl halides is 1. The first-order chi connectivity index (χ1) is 8.68. The highest BCUT2D eigenvalue weighted by molar-refractivity contribution is 6.16. The van der Waals surface area contributed by atoms with Crippen molar-refractivity contribution in [1.29, 1.82) is 0 Å². The third-order valence-corrected chi connectivity index (χ3v) is 4.47. The lowest BCUT2D eigenvalue weighted by molar-refractivity contribution is -0.899. The molecule has 0 fully saturated rings. The van der Waals surface area contributed by atoms with Gasteiger partial charge in [-0.15, -0.1) is 0 Å². The van der Waals surface area contributed by atoms with Gasteiger partial charge in [0.05, 0.1) is 20.1 Å². The van der Waals surface area contributed by atoms with Gasteiger partial charge in [0.2, 0.25) is 0 Å². The Balaban J connectivity index is 0. The van der Waals surface area contributed by atoms with Gasteiger partial charge < -0.3 is 21.5 Å². The van der Waals surface area contributed by atoms with Crippen LogP contribution in [0.3, 0.4) is 0 Å². The van der Waals surface area contributed by atoms with Crippen molar-refractivity contribution in [2.45, 2.75) is 78.1 Å². The molecule has 0 saturated heterocycles. The summed E-state index contributed by atoms with van der Waals surface area (Å²) >= 11 is 6.16. The average molecular weight is 357 g/mol. The molecular weight excluding hydrogens is 322 g/mol. The Bertz CT molecular complexity index is 178. The summed E-state index contributed by atoms with van der Waals surface area (Å²) in [6.07, 6.45) is 13.7. The van der Waals surface area contributed by atoms with Gasteiger partial charge in [0.1, 0.15) is 0 Å². The Labute approximate surface area is 137 Å². The highest BCUT2D eigenvalue weighted by Crippen LogP contribution is 2.13. The second-order valence-corrected chi connectivity index (χ2v) is 6.25. The first-order valence-corrected chi connectivity index (χ1v) is 8.61. The van der Waals surface area contributed by atoms with Crippen LogP contribution in [0.2, 0.25) is 0 Å². The molecule has 0 aromatic carbocycles. The van der Waals surface area contributed by atoms with E-state index in [2.05, 4.69) is 20.9 Å². The Morgan fingerprint density at radius 3 is 1.47 bits per heavy atom. The van der Waals surface area contributed by atoms with Crippen molar-refractivity contribution in [3.63, 3.8) is 0 Å². The summed E-state index contributed by atoms with van der Waals surface area (Å²) in [6.45, 7) is 7.07. The molecular formula is C16H35BrClN. The van der Waals surface area contributed by atoms with E-state index in [4.69, 9.17) is 11.6 Å². The molecule has 1 unspecified atom stereocenters. The van der Waals surface area contributed by atoms with E-state index in [-0.39, 0.29) is 17.0 Å². The van der Waals surface area contributed by atoms with E-state index < -0.39 is 0 Å². The Morgan fingerprint density at radius 2 is 1.05 bits per heavy atom. The third kappa shape index (κ3) is 13.5. The molecule has 0 amide bonds. The summed E-state index contributed by atoms with van der Waals surface area (Å²) in [5.74, 6) is 0. The van der Waals surface area contributed by atoms with Crippen LogP contribution in [-0.2, 0) is 0 Å². The molecule has 0 spiro atoms. The Hall–Kier alpha value is 0.730. The lowest BCUT2D eigenvalue weighted by atomic mass is 10.1. The van der Waals surface area contributed by atoms with Crippen LogP contribution in [0.15, 0.2) is 0 Å². The molecule has 1 nitrogen and oxygen atoms in total. The van der Waals surface area contributed by atoms with Gasteiger partial charge >= 0.3 is 0 Å². The molecule has 0 saturated carbocycles. The number of hydrogen-bond acceptors (Lipinski definition) is 0. The molecule has 0 N–H and O–H groups in total. The molecule has 1 atom stereocenters. The van der Waals surface area contributed by atoms with E-state index in [1.165, 1.54) is 77.3 Å². The lowest BCUT2D eigenvalue weighted by Gasteiger charge is -2.32. The Morgan fingerprint density at radius 1 is 0.684 bits per heavy atom. The fraction of sp³-hybridized carbons (Fsp3) is 1.00. The van der Waals surface area contributed by atoms with E-state index in [1.54, 1.807) is 0 Å². The molecule has 0 aliphatic rings. The maximum atomic E-state index is 6.16. The maximum absolute atomic E-state index is 6.16. The summed E-state index contributed by atoms with van der Waals surface area (Å²) in [7, 11) is 2.32. The van der Waals surface area contributed by atoms with Crippen molar-refractivity contribution in [2.24, 2.45) is 0 Å². The zero-order valence-electron chi connectivity index (χ0n) is 13.4. The Kier molecular flexibility index (Phi) is 17.5. The van der Waals surface area contributed by atoms with Gasteiger partial charge in [0, 0.05) is 0 Å². The molecule has 0 aromatic heterocycles. The zero-order chi connectivity index (χ0) is 13.7. The van der Waals surface area contributed by atoms with Crippen LogP contribution in [0.4, 0.5) is 0 Å². The van der Waals surface area contributed by atoms with Crippen molar-refractivity contribution in [2.75, 3.05) is 26.1 Å². The van der Waals surface area contributed by atoms with E-state index >= 15 is 0 Å². The van der Waals surface area contributed by atoms with Gasteiger partial charge in [0.15, 0.2) is 6.00 Å². The molecule has 118 valence electrons. The highest BCUT2D eigenvalue weighted by atomic mass is 79.9. The summed E-state index contributed by atoms with van der Waals surface area (Å²) in [4.78, 5) is 0. The highest BCUT2D eigenvalue weighted by Gasteiger charge is 2.18. The van der Waals surface area contributed by atoms with Crippen LogP contribution in [0.1, 0.15) is 78.1 Å². The van der Waals surface area contributed by atoms with Crippen LogP contribution < -0.4 is 17.0 Å². The second-order valence-electron chi connectivity index (χ2n) is 6.01. The summed E-state index contributed by atoms with van der Waals surface area (Å²) in [6, 6.07) is 0.779. The van der Waals surface area contributed by atoms with Gasteiger partial charge in [-0.3, -0.25) is 0 Å². The van der Waals surface area contributed by atoms with Crippen LogP contribution in [-0.4, -0.2) is 30.6 Å². The minimum atomic E-state index is 0. The number of quaternary nitrogens is 1. The van der Waals surface area contributed by atoms with Crippen LogP contribution >= 0.6 is 11.6 Å². The predicted molar refractivity (Wildman–Crippen MR) is 84.2 cm³/mol. The van der Waals surface area contributed by atoms with Gasteiger partial charge in [0.25, 0.3) is 0 Å². The van der Waals surface area contributed by atoms with Gasteiger partial charge in [-0.1, -0.05) is 64.0 Å². The van der Waals surface area contributed by atoms with Gasteiger partial charge in [-0.05, 0) is 25.7 Å². The van der Waals surface area contributed by atoms with Crippen molar-refractivity contribution >= 4 is 11.6 Å². The first kappa shape index (κ1) is 22.0. The SMILES string of the molecule is CCCCCCCC[N+](C)(CCl)CCCCCC.[Br-]. The van der Waals surface area contributed by atoms with Crippen LogP contribution in [0, 0.1) is 0 Å². The number of halogens is 2. The van der Waals surface area contributed by atoms with Gasteiger partial charge in [-0.25, -0.2) is 0 Å². The lowest BCUT2D eigenvalue weighted by Crippen LogP contribution is -3.00. The molecule has 3 heteroatoms. The zero-order valence-corrected chi connectivity index (χ0v) is 15.7. The molecule has 0 aromatic rings. The molecule has 19 heavy (non-hydrogen) atoms. The normalized spacial score (nSPS) is 13.9. The molecule has 0 aliphatic carbocycles. The topological polar surface area (TPSA) is 0 Å². The van der Waals surface area contributed by atoms with Crippen LogP contribution in [0.5, 0.6) is 0 Å². The molecule has 0 heterocycles. The number of nitrogens with zero attached hydrogens (tertiary/aromatic N) is 1. The van der Waals surface area contributed by atoms with E-state index in [0.29, 0.717) is 0 Å². The van der Waals surface area contributed by atoms with Crippen molar-refractivity contribution in [3.05, 3.63) is 0 Å². The van der Waals surface area contributed by atoms with Crippen LogP contribution in [0.25, 0.3) is 0 Å². The van der Waals surface area contributed by atoms with Gasteiger partial charge in [-0.2, -0.15) is 0 Å². The summed E-state index contributed by atoms with van der Waals surface area (Å²) < 4.78 is 1.07. The fourth-order valence-corrected chi connectivity index (χ4v) is 2.66. The first-order valence-electron chi connectivity index (χ1n) is 8.08. The predicted octanol–water partition coefficient (Wildman–Crippen LogP) is 2.57. The average Bonchev–Trinajstić information content (AvgIpc) is 2.39. The third-order valence-electron chi connectivity index (χ3n) is 3.89. The maximum Gasteiger partial charge on any atom is 0.154 e.